The lowest BCUT2D eigenvalue weighted by Gasteiger charge is -2.08. The minimum absolute atomic E-state index is 0.460. The summed E-state index contributed by atoms with van der Waals surface area (Å²) in [6.45, 7) is 2.00. The summed E-state index contributed by atoms with van der Waals surface area (Å²) in [6.07, 6.45) is 1.50. The van der Waals surface area contributed by atoms with E-state index in [0.29, 0.717) is 11.4 Å². The van der Waals surface area contributed by atoms with Gasteiger partial charge in [0.05, 0.1) is 17.4 Å². The molecule has 1 N–H and O–H groups in total. The molecule has 0 aliphatic rings. The van der Waals surface area contributed by atoms with Gasteiger partial charge < -0.3 is 5.32 Å². The van der Waals surface area contributed by atoms with Crippen LogP contribution in [0.1, 0.15) is 11.1 Å². The fraction of sp³-hybridized carbons (Fsp3) is 0.0833. The molecule has 2 aromatic rings. The molecule has 1 heterocycles. The second kappa shape index (κ2) is 4.93. The van der Waals surface area contributed by atoms with Crippen LogP contribution in [0.15, 0.2) is 34.9 Å². The predicted molar refractivity (Wildman–Crippen MR) is 68.9 cm³/mol. The van der Waals surface area contributed by atoms with E-state index in [-0.39, 0.29) is 0 Å². The summed E-state index contributed by atoms with van der Waals surface area (Å²) >= 11 is 3.44. The quantitative estimate of drug-likeness (QED) is 0.922. The maximum atomic E-state index is 8.95. The molecule has 0 saturated heterocycles. The highest BCUT2D eigenvalue weighted by Gasteiger charge is 2.06. The molecule has 1 aromatic carbocycles. The molecule has 0 amide bonds. The third kappa shape index (κ3) is 2.60. The van der Waals surface area contributed by atoms with Crippen LogP contribution in [-0.2, 0) is 0 Å². The molecule has 2 rings (SSSR count). The molecule has 0 unspecified atom stereocenters. The predicted octanol–water partition coefficient (Wildman–Crippen LogP) is 3.16. The number of aryl methyl sites for hydroxylation is 1. The van der Waals surface area contributed by atoms with Gasteiger partial charge in [0, 0.05) is 4.47 Å². The van der Waals surface area contributed by atoms with Crippen LogP contribution in [0.25, 0.3) is 0 Å². The molecule has 0 aliphatic heterocycles. The van der Waals surface area contributed by atoms with Crippen LogP contribution < -0.4 is 5.32 Å². The van der Waals surface area contributed by atoms with Crippen molar-refractivity contribution in [1.29, 1.82) is 5.26 Å². The van der Waals surface area contributed by atoms with Gasteiger partial charge in [0.15, 0.2) is 5.82 Å². The van der Waals surface area contributed by atoms with Gasteiger partial charge in [0.25, 0.3) is 0 Å². The molecule has 0 bridgehead atoms. The van der Waals surface area contributed by atoms with Crippen LogP contribution in [0.4, 0.5) is 11.5 Å². The van der Waals surface area contributed by atoms with E-state index in [4.69, 9.17) is 5.26 Å². The van der Waals surface area contributed by atoms with Gasteiger partial charge in [-0.25, -0.2) is 0 Å². The number of halogens is 1. The number of nitrogens with zero attached hydrogens (tertiary/aromatic N) is 3. The number of rotatable bonds is 2. The van der Waals surface area contributed by atoms with Crippen molar-refractivity contribution >= 4 is 27.4 Å². The summed E-state index contributed by atoms with van der Waals surface area (Å²) in [5, 5.41) is 19.7. The largest absolute Gasteiger partial charge is 0.337 e. The standard InChI is InChI=1S/C12H9BrN4/c1-8-2-3-10(13)11(6-8)16-12-9(7-14)4-5-15-17-12/h2-6H,1H3,(H,16,17). The van der Waals surface area contributed by atoms with E-state index in [1.807, 2.05) is 25.1 Å². The van der Waals surface area contributed by atoms with E-state index in [1.165, 1.54) is 6.20 Å². The highest BCUT2D eigenvalue weighted by atomic mass is 79.9. The summed E-state index contributed by atoms with van der Waals surface area (Å²) in [7, 11) is 0. The Morgan fingerprint density at radius 1 is 1.35 bits per heavy atom. The lowest BCUT2D eigenvalue weighted by molar-refractivity contribution is 1.03. The molecule has 0 saturated carbocycles. The first-order valence-electron chi connectivity index (χ1n) is 4.95. The fourth-order valence-electron chi connectivity index (χ4n) is 1.38. The summed E-state index contributed by atoms with van der Waals surface area (Å²) < 4.78 is 0.914. The van der Waals surface area contributed by atoms with Gasteiger partial charge in [-0.1, -0.05) is 6.07 Å². The van der Waals surface area contributed by atoms with Crippen molar-refractivity contribution in [3.05, 3.63) is 46.1 Å². The monoisotopic (exact) mass is 288 g/mol. The number of benzene rings is 1. The van der Waals surface area contributed by atoms with Crippen LogP contribution in [0.5, 0.6) is 0 Å². The van der Waals surface area contributed by atoms with Gasteiger partial charge in [0.2, 0.25) is 0 Å². The molecular formula is C12H9BrN4. The average Bonchev–Trinajstić information content (AvgIpc) is 2.34. The third-order valence-electron chi connectivity index (χ3n) is 2.22. The zero-order chi connectivity index (χ0) is 12.3. The molecule has 4 nitrogen and oxygen atoms in total. The van der Waals surface area contributed by atoms with E-state index < -0.39 is 0 Å². The smallest absolute Gasteiger partial charge is 0.171 e. The normalized spacial score (nSPS) is 9.71. The van der Waals surface area contributed by atoms with Crippen LogP contribution in [0, 0.1) is 18.3 Å². The molecule has 1 aromatic heterocycles. The Kier molecular flexibility index (Phi) is 3.35. The Hall–Kier alpha value is -1.93. The van der Waals surface area contributed by atoms with E-state index in [2.05, 4.69) is 37.5 Å². The Bertz CT molecular complexity index is 589. The highest BCUT2D eigenvalue weighted by molar-refractivity contribution is 9.10. The number of hydrogen-bond donors (Lipinski definition) is 1. The van der Waals surface area contributed by atoms with Crippen molar-refractivity contribution in [1.82, 2.24) is 10.2 Å². The van der Waals surface area contributed by atoms with Gasteiger partial charge in [0.1, 0.15) is 6.07 Å². The van der Waals surface area contributed by atoms with Gasteiger partial charge in [-0.3, -0.25) is 0 Å². The first-order chi connectivity index (χ1) is 8.20. The third-order valence-corrected chi connectivity index (χ3v) is 2.91. The minimum Gasteiger partial charge on any atom is -0.337 e. The Labute approximate surface area is 107 Å². The summed E-state index contributed by atoms with van der Waals surface area (Å²) in [6, 6.07) is 9.61. The molecule has 0 atom stereocenters. The SMILES string of the molecule is Cc1ccc(Br)c(Nc2nnccc2C#N)c1. The molecular weight excluding hydrogens is 280 g/mol. The number of aromatic nitrogens is 2. The summed E-state index contributed by atoms with van der Waals surface area (Å²) in [4.78, 5) is 0. The number of nitrogens with one attached hydrogen (secondary N) is 1. The molecule has 5 heteroatoms. The fourth-order valence-corrected chi connectivity index (χ4v) is 1.72. The first-order valence-corrected chi connectivity index (χ1v) is 5.75. The minimum atomic E-state index is 0.460. The first kappa shape index (κ1) is 11.6. The Balaban J connectivity index is 2.38. The van der Waals surface area contributed by atoms with Crippen LogP contribution in [0.3, 0.4) is 0 Å². The highest BCUT2D eigenvalue weighted by Crippen LogP contribution is 2.26. The topological polar surface area (TPSA) is 61.6 Å². The zero-order valence-corrected chi connectivity index (χ0v) is 10.7. The maximum Gasteiger partial charge on any atom is 0.171 e. The molecule has 0 radical (unpaired) electrons. The number of hydrogen-bond acceptors (Lipinski definition) is 4. The Morgan fingerprint density at radius 2 is 2.18 bits per heavy atom. The second-order valence-corrected chi connectivity index (χ2v) is 4.37. The van der Waals surface area contributed by atoms with Crippen molar-refractivity contribution in [2.45, 2.75) is 6.92 Å². The van der Waals surface area contributed by atoms with Crippen LogP contribution in [0.2, 0.25) is 0 Å². The second-order valence-electron chi connectivity index (χ2n) is 3.51. The number of nitriles is 1. The van der Waals surface area contributed by atoms with Crippen molar-refractivity contribution in [3.8, 4) is 6.07 Å². The lowest BCUT2D eigenvalue weighted by atomic mass is 10.2. The van der Waals surface area contributed by atoms with Crippen molar-refractivity contribution in [2.24, 2.45) is 0 Å². The molecule has 0 spiro atoms. The van der Waals surface area contributed by atoms with E-state index in [1.54, 1.807) is 6.07 Å². The summed E-state index contributed by atoms with van der Waals surface area (Å²) in [5.41, 5.74) is 2.45. The average molecular weight is 289 g/mol. The van der Waals surface area contributed by atoms with E-state index in [9.17, 15) is 0 Å². The van der Waals surface area contributed by atoms with Crippen molar-refractivity contribution in [2.75, 3.05) is 5.32 Å². The zero-order valence-electron chi connectivity index (χ0n) is 9.11. The van der Waals surface area contributed by atoms with Crippen molar-refractivity contribution < 1.29 is 0 Å². The van der Waals surface area contributed by atoms with Crippen LogP contribution >= 0.6 is 15.9 Å². The van der Waals surface area contributed by atoms with Gasteiger partial charge in [-0.05, 0) is 46.6 Å². The van der Waals surface area contributed by atoms with Crippen molar-refractivity contribution in [3.63, 3.8) is 0 Å². The van der Waals surface area contributed by atoms with E-state index in [0.717, 1.165) is 15.7 Å². The van der Waals surface area contributed by atoms with E-state index >= 15 is 0 Å². The lowest BCUT2D eigenvalue weighted by Crippen LogP contribution is -1.99. The van der Waals surface area contributed by atoms with Gasteiger partial charge in [-0.15, -0.1) is 5.10 Å². The Morgan fingerprint density at radius 3 is 2.94 bits per heavy atom. The van der Waals surface area contributed by atoms with Gasteiger partial charge in [-0.2, -0.15) is 10.4 Å². The molecule has 17 heavy (non-hydrogen) atoms. The molecule has 0 fully saturated rings. The molecule has 0 aliphatic carbocycles. The maximum absolute atomic E-state index is 8.95. The molecule has 84 valence electrons. The van der Waals surface area contributed by atoms with Gasteiger partial charge >= 0.3 is 0 Å². The summed E-state index contributed by atoms with van der Waals surface area (Å²) in [5.74, 6) is 0.460. The number of anilines is 2. The van der Waals surface area contributed by atoms with Crippen LogP contribution in [-0.4, -0.2) is 10.2 Å².